The van der Waals surface area contributed by atoms with Gasteiger partial charge in [-0.3, -0.25) is 0 Å². The summed E-state index contributed by atoms with van der Waals surface area (Å²) < 4.78 is 11.8. The number of ether oxygens (including phenoxy) is 2. The number of para-hydroxylation sites is 2. The van der Waals surface area contributed by atoms with E-state index in [9.17, 15) is 0 Å². The third kappa shape index (κ3) is 4.45. The van der Waals surface area contributed by atoms with Crippen LogP contribution in [0.25, 0.3) is 0 Å². The van der Waals surface area contributed by atoms with Crippen LogP contribution in [0.3, 0.4) is 0 Å². The van der Waals surface area contributed by atoms with Gasteiger partial charge in [0, 0.05) is 6.07 Å². The van der Waals surface area contributed by atoms with E-state index in [4.69, 9.17) is 24.5 Å². The number of benzene rings is 3. The van der Waals surface area contributed by atoms with E-state index in [0.717, 1.165) is 34.2 Å². The van der Waals surface area contributed by atoms with Gasteiger partial charge in [-0.15, -0.1) is 0 Å². The zero-order valence-corrected chi connectivity index (χ0v) is 13.8. The Morgan fingerprint density at radius 1 is 0.885 bits per heavy atom. The minimum atomic E-state index is -1.83. The molecule has 0 aromatic heterocycles. The van der Waals surface area contributed by atoms with E-state index >= 15 is 0 Å². The van der Waals surface area contributed by atoms with Crippen LogP contribution in [0.4, 0.5) is 16.2 Å². The highest BCUT2D eigenvalue weighted by Crippen LogP contribution is 2.43. The Labute approximate surface area is 150 Å². The highest BCUT2D eigenvalue weighted by Gasteiger charge is 2.16. The quantitative estimate of drug-likeness (QED) is 0.462. The molecular formula is C20H17NO5. The fourth-order valence-electron chi connectivity index (χ4n) is 2.44. The van der Waals surface area contributed by atoms with Crippen molar-refractivity contribution >= 4 is 17.5 Å². The number of carbonyl (C=O) groups is 1. The van der Waals surface area contributed by atoms with Gasteiger partial charge in [-0.2, -0.15) is 0 Å². The first kappa shape index (κ1) is 17.2. The van der Waals surface area contributed by atoms with Crippen LogP contribution in [0.2, 0.25) is 0 Å². The minimum absolute atomic E-state index is 0.545. The predicted octanol–water partition coefficient (Wildman–Crippen LogP) is 5.34. The van der Waals surface area contributed by atoms with Gasteiger partial charge in [0.05, 0.1) is 11.4 Å². The van der Waals surface area contributed by atoms with Crippen LogP contribution in [0.15, 0.2) is 72.8 Å². The standard InChI is InChI=1S/C19H15NO2.CH2O3/c1-2-6-14(7-3-1)13-21-15-10-11-17-19(12-15)22-18-9-5-4-8-16(18)20-17;2-1(3)4/h1-12,20H,13H2;(H2,2,3,4). The molecule has 0 radical (unpaired) electrons. The number of nitrogens with one attached hydrogen (secondary N) is 1. The maximum absolute atomic E-state index is 8.56. The molecule has 0 saturated heterocycles. The molecule has 0 unspecified atom stereocenters. The van der Waals surface area contributed by atoms with Crippen molar-refractivity contribution in [3.63, 3.8) is 0 Å². The van der Waals surface area contributed by atoms with Crippen LogP contribution in [0.1, 0.15) is 5.56 Å². The van der Waals surface area contributed by atoms with Crippen LogP contribution in [0.5, 0.6) is 17.2 Å². The average Bonchev–Trinajstić information content (AvgIpc) is 2.65. The molecule has 3 aromatic rings. The van der Waals surface area contributed by atoms with Crippen LogP contribution in [-0.4, -0.2) is 16.4 Å². The van der Waals surface area contributed by atoms with E-state index < -0.39 is 6.16 Å². The number of anilines is 2. The predicted molar refractivity (Wildman–Crippen MR) is 97.7 cm³/mol. The molecule has 0 aliphatic carbocycles. The van der Waals surface area contributed by atoms with Crippen LogP contribution < -0.4 is 14.8 Å². The Balaban J connectivity index is 0.000000447. The second-order valence-electron chi connectivity index (χ2n) is 5.44. The Bertz CT molecular complexity index is 892. The molecule has 0 bridgehead atoms. The zero-order chi connectivity index (χ0) is 18.4. The van der Waals surface area contributed by atoms with Crippen molar-refractivity contribution < 1.29 is 24.5 Å². The number of hydrogen-bond donors (Lipinski definition) is 3. The van der Waals surface area contributed by atoms with Crippen LogP contribution in [-0.2, 0) is 6.61 Å². The highest BCUT2D eigenvalue weighted by atomic mass is 16.6. The Hall–Kier alpha value is -3.67. The molecule has 4 rings (SSSR count). The monoisotopic (exact) mass is 351 g/mol. The summed E-state index contributed by atoms with van der Waals surface area (Å²) in [4.78, 5) is 8.56. The first-order valence-corrected chi connectivity index (χ1v) is 7.88. The summed E-state index contributed by atoms with van der Waals surface area (Å²) in [6, 6.07) is 23.8. The summed E-state index contributed by atoms with van der Waals surface area (Å²) in [5.41, 5.74) is 3.07. The fourth-order valence-corrected chi connectivity index (χ4v) is 2.44. The molecule has 3 N–H and O–H groups in total. The highest BCUT2D eigenvalue weighted by molar-refractivity contribution is 5.76. The summed E-state index contributed by atoms with van der Waals surface area (Å²) in [6.45, 7) is 0.545. The molecule has 1 aliphatic heterocycles. The zero-order valence-electron chi connectivity index (χ0n) is 13.8. The van der Waals surface area contributed by atoms with E-state index in [0.29, 0.717) is 6.61 Å². The third-order valence-corrected chi connectivity index (χ3v) is 3.58. The normalized spacial score (nSPS) is 10.8. The topological polar surface area (TPSA) is 88.0 Å². The average molecular weight is 351 g/mol. The van der Waals surface area contributed by atoms with Crippen molar-refractivity contribution in [1.29, 1.82) is 0 Å². The molecule has 1 aliphatic rings. The van der Waals surface area contributed by atoms with Crippen LogP contribution >= 0.6 is 0 Å². The van der Waals surface area contributed by atoms with E-state index in [1.807, 2.05) is 72.8 Å². The first-order chi connectivity index (χ1) is 12.6. The lowest BCUT2D eigenvalue weighted by Gasteiger charge is -2.22. The molecule has 6 nitrogen and oxygen atoms in total. The lowest BCUT2D eigenvalue weighted by molar-refractivity contribution is 0.137. The molecular weight excluding hydrogens is 334 g/mol. The van der Waals surface area contributed by atoms with Crippen LogP contribution in [0, 0.1) is 0 Å². The summed E-state index contributed by atoms with van der Waals surface area (Å²) in [5.74, 6) is 2.41. The Morgan fingerprint density at radius 3 is 2.31 bits per heavy atom. The van der Waals surface area contributed by atoms with E-state index in [1.165, 1.54) is 0 Å². The fraction of sp³-hybridized carbons (Fsp3) is 0.0500. The lowest BCUT2D eigenvalue weighted by Crippen LogP contribution is -2.03. The SMILES string of the molecule is O=C(O)O.c1ccc(COc2ccc3c(c2)Oc2ccccc2N3)cc1. The second kappa shape index (κ2) is 7.94. The van der Waals surface area contributed by atoms with Gasteiger partial charge >= 0.3 is 6.16 Å². The van der Waals surface area contributed by atoms with Gasteiger partial charge in [-0.1, -0.05) is 42.5 Å². The number of hydrogen-bond acceptors (Lipinski definition) is 4. The van der Waals surface area contributed by atoms with Gasteiger partial charge in [0.25, 0.3) is 0 Å². The second-order valence-corrected chi connectivity index (χ2v) is 5.44. The van der Waals surface area contributed by atoms with Crippen molar-refractivity contribution in [3.05, 3.63) is 78.4 Å². The van der Waals surface area contributed by atoms with E-state index in [1.54, 1.807) is 0 Å². The summed E-state index contributed by atoms with van der Waals surface area (Å²) >= 11 is 0. The first-order valence-electron chi connectivity index (χ1n) is 7.88. The van der Waals surface area contributed by atoms with Gasteiger partial charge in [-0.05, 0) is 29.8 Å². The molecule has 132 valence electrons. The number of carboxylic acid groups (broad SMARTS) is 2. The van der Waals surface area contributed by atoms with Gasteiger partial charge in [-0.25, -0.2) is 4.79 Å². The largest absolute Gasteiger partial charge is 0.503 e. The molecule has 0 atom stereocenters. The number of rotatable bonds is 3. The molecule has 0 amide bonds. The molecule has 0 spiro atoms. The minimum Gasteiger partial charge on any atom is -0.489 e. The molecule has 0 fully saturated rings. The van der Waals surface area contributed by atoms with Gasteiger partial charge < -0.3 is 25.0 Å². The lowest BCUT2D eigenvalue weighted by atomic mass is 10.2. The van der Waals surface area contributed by atoms with Crippen molar-refractivity contribution in [2.45, 2.75) is 6.61 Å². The third-order valence-electron chi connectivity index (χ3n) is 3.58. The maximum Gasteiger partial charge on any atom is 0.503 e. The summed E-state index contributed by atoms with van der Waals surface area (Å²) in [5, 5.41) is 17.3. The Kier molecular flexibility index (Phi) is 5.24. The van der Waals surface area contributed by atoms with Gasteiger partial charge in [0.2, 0.25) is 0 Å². The maximum atomic E-state index is 8.56. The van der Waals surface area contributed by atoms with Gasteiger partial charge in [0.15, 0.2) is 11.5 Å². The van der Waals surface area contributed by atoms with Gasteiger partial charge in [0.1, 0.15) is 12.4 Å². The summed E-state index contributed by atoms with van der Waals surface area (Å²) in [6.07, 6.45) is -1.83. The smallest absolute Gasteiger partial charge is 0.489 e. The molecule has 26 heavy (non-hydrogen) atoms. The Morgan fingerprint density at radius 2 is 1.54 bits per heavy atom. The number of fused-ring (bicyclic) bond motifs is 2. The van der Waals surface area contributed by atoms with Crippen molar-refractivity contribution in [2.75, 3.05) is 5.32 Å². The summed E-state index contributed by atoms with van der Waals surface area (Å²) in [7, 11) is 0. The molecule has 0 saturated carbocycles. The molecule has 6 heteroatoms. The van der Waals surface area contributed by atoms with Crippen molar-refractivity contribution in [1.82, 2.24) is 0 Å². The van der Waals surface area contributed by atoms with E-state index in [-0.39, 0.29) is 0 Å². The van der Waals surface area contributed by atoms with E-state index in [2.05, 4.69) is 5.32 Å². The van der Waals surface area contributed by atoms with Crippen molar-refractivity contribution in [2.24, 2.45) is 0 Å². The molecule has 1 heterocycles. The molecule has 3 aromatic carbocycles. The van der Waals surface area contributed by atoms with Crippen molar-refractivity contribution in [3.8, 4) is 17.2 Å².